The number of primary sulfonamides is 1. The maximum absolute atomic E-state index is 12.9. The highest BCUT2D eigenvalue weighted by molar-refractivity contribution is 7.89. The molecule has 0 saturated heterocycles. The van der Waals surface area contributed by atoms with Crippen molar-refractivity contribution in [2.45, 2.75) is 17.0 Å². The third-order valence-corrected chi connectivity index (χ3v) is 5.86. The van der Waals surface area contributed by atoms with Crippen LogP contribution >= 0.6 is 11.6 Å². The van der Waals surface area contributed by atoms with Crippen molar-refractivity contribution in [2.24, 2.45) is 10.9 Å². The smallest absolute Gasteiger partial charge is 0.419 e. The molecule has 1 unspecified atom stereocenters. The molecule has 3 rings (SSSR count). The molecular formula is C19H16ClF3N4O4S. The molecular weight excluding hydrogens is 473 g/mol. The van der Waals surface area contributed by atoms with Crippen molar-refractivity contribution < 1.29 is 31.1 Å². The van der Waals surface area contributed by atoms with Crippen molar-refractivity contribution in [1.82, 2.24) is 9.78 Å². The number of sulfonamides is 1. The molecule has 1 atom stereocenters. The summed E-state index contributed by atoms with van der Waals surface area (Å²) in [5.41, 5.74) is 4.52. The molecule has 1 heterocycles. The fourth-order valence-electron chi connectivity index (χ4n) is 3.18. The van der Waals surface area contributed by atoms with Crippen LogP contribution in [-0.4, -0.2) is 31.2 Å². The summed E-state index contributed by atoms with van der Waals surface area (Å²) in [7, 11) is -3.11. The number of carbonyl (C=O) groups is 1. The summed E-state index contributed by atoms with van der Waals surface area (Å²) in [5, 5.41) is 9.01. The molecule has 1 amide bonds. The monoisotopic (exact) mass is 488 g/mol. The lowest BCUT2D eigenvalue weighted by atomic mass is 9.89. The topological polar surface area (TPSA) is 130 Å². The van der Waals surface area contributed by atoms with E-state index in [2.05, 4.69) is 5.10 Å². The number of hydrogen-bond acceptors (Lipinski definition) is 5. The van der Waals surface area contributed by atoms with E-state index in [-0.39, 0.29) is 27.6 Å². The molecule has 3 aromatic rings. The minimum atomic E-state index is -4.68. The van der Waals surface area contributed by atoms with E-state index in [0.29, 0.717) is 12.4 Å². The van der Waals surface area contributed by atoms with Gasteiger partial charge in [0.15, 0.2) is 0 Å². The first-order chi connectivity index (χ1) is 14.8. The lowest BCUT2D eigenvalue weighted by molar-refractivity contribution is -0.137. The molecule has 0 aliphatic rings. The quantitative estimate of drug-likeness (QED) is 0.551. The third kappa shape index (κ3) is 4.56. The zero-order chi connectivity index (χ0) is 23.8. The van der Waals surface area contributed by atoms with Crippen molar-refractivity contribution in [3.63, 3.8) is 0 Å². The Morgan fingerprint density at radius 3 is 2.47 bits per heavy atom. The number of nitrogens with zero attached hydrogens (tertiary/aromatic N) is 2. The molecule has 0 bridgehead atoms. The minimum absolute atomic E-state index is 0.0832. The summed E-state index contributed by atoms with van der Waals surface area (Å²) in [5.74, 6) is -1.89. The molecule has 0 aliphatic carbocycles. The van der Waals surface area contributed by atoms with Crippen molar-refractivity contribution in [2.75, 3.05) is 7.11 Å². The maximum Gasteiger partial charge on any atom is 0.419 e. The van der Waals surface area contributed by atoms with Crippen molar-refractivity contribution >= 4 is 27.5 Å². The normalized spacial score (nSPS) is 13.1. The van der Waals surface area contributed by atoms with E-state index in [1.807, 2.05) is 0 Å². The summed E-state index contributed by atoms with van der Waals surface area (Å²) < 4.78 is 69.3. The van der Waals surface area contributed by atoms with Crippen LogP contribution in [0.25, 0.3) is 5.69 Å². The van der Waals surface area contributed by atoms with Gasteiger partial charge in [-0.3, -0.25) is 4.79 Å². The Hall–Kier alpha value is -3.09. The van der Waals surface area contributed by atoms with Crippen LogP contribution < -0.4 is 15.6 Å². The fraction of sp³-hybridized carbons (Fsp3) is 0.158. The third-order valence-electron chi connectivity index (χ3n) is 4.59. The predicted molar refractivity (Wildman–Crippen MR) is 109 cm³/mol. The number of halogens is 4. The van der Waals surface area contributed by atoms with Crippen molar-refractivity contribution in [3.05, 3.63) is 70.5 Å². The Morgan fingerprint density at radius 1 is 1.25 bits per heavy atom. The summed E-state index contributed by atoms with van der Waals surface area (Å²) in [4.78, 5) is 11.8. The zero-order valence-corrected chi connectivity index (χ0v) is 17.9. The highest BCUT2D eigenvalue weighted by Crippen LogP contribution is 2.38. The summed E-state index contributed by atoms with van der Waals surface area (Å²) in [6, 6.07) is 8.13. The number of nitrogens with two attached hydrogens (primary N) is 2. The summed E-state index contributed by atoms with van der Waals surface area (Å²) >= 11 is 6.25. The first-order valence-electron chi connectivity index (χ1n) is 8.75. The van der Waals surface area contributed by atoms with Gasteiger partial charge in [0, 0.05) is 16.8 Å². The van der Waals surface area contributed by atoms with Gasteiger partial charge >= 0.3 is 6.18 Å². The van der Waals surface area contributed by atoms with Gasteiger partial charge in [-0.2, -0.15) is 18.3 Å². The van der Waals surface area contributed by atoms with E-state index in [1.165, 1.54) is 31.4 Å². The minimum Gasteiger partial charge on any atom is -0.496 e. The number of methoxy groups -OCH3 is 1. The molecule has 0 aliphatic heterocycles. The molecule has 4 N–H and O–H groups in total. The van der Waals surface area contributed by atoms with Crippen LogP contribution in [-0.2, 0) is 21.0 Å². The van der Waals surface area contributed by atoms with Gasteiger partial charge in [-0.05, 0) is 29.8 Å². The molecule has 170 valence electrons. The van der Waals surface area contributed by atoms with E-state index in [0.717, 1.165) is 10.7 Å². The summed E-state index contributed by atoms with van der Waals surface area (Å²) in [6.45, 7) is 0. The highest BCUT2D eigenvalue weighted by Gasteiger charge is 2.33. The number of aromatic nitrogens is 2. The first-order valence-corrected chi connectivity index (χ1v) is 10.7. The van der Waals surface area contributed by atoms with E-state index in [4.69, 9.17) is 27.2 Å². The number of carbonyl (C=O) groups excluding carboxylic acids is 1. The van der Waals surface area contributed by atoms with Crippen LogP contribution in [0, 0.1) is 0 Å². The lowest BCUT2D eigenvalue weighted by Gasteiger charge is -2.20. The van der Waals surface area contributed by atoms with Gasteiger partial charge < -0.3 is 10.5 Å². The number of ether oxygens (including phenoxy) is 1. The number of hydrogen-bond donors (Lipinski definition) is 2. The van der Waals surface area contributed by atoms with E-state index >= 15 is 0 Å². The Kier molecular flexibility index (Phi) is 6.22. The Bertz CT molecular complexity index is 1290. The summed E-state index contributed by atoms with van der Waals surface area (Å²) in [6.07, 6.45) is -3.52. The van der Waals surface area contributed by atoms with Crippen LogP contribution in [0.3, 0.4) is 0 Å². The van der Waals surface area contributed by atoms with E-state index in [9.17, 15) is 26.4 Å². The van der Waals surface area contributed by atoms with Crippen molar-refractivity contribution in [3.8, 4) is 11.4 Å². The molecule has 13 heteroatoms. The molecule has 0 spiro atoms. The average molecular weight is 489 g/mol. The number of amides is 1. The Labute approximate surface area is 185 Å². The molecule has 0 radical (unpaired) electrons. The second-order valence-corrected chi connectivity index (χ2v) is 8.57. The van der Waals surface area contributed by atoms with Crippen LogP contribution in [0.5, 0.6) is 5.75 Å². The second kappa shape index (κ2) is 8.45. The van der Waals surface area contributed by atoms with Crippen LogP contribution in [0.15, 0.2) is 53.7 Å². The molecule has 0 fully saturated rings. The van der Waals surface area contributed by atoms with E-state index < -0.39 is 38.5 Å². The van der Waals surface area contributed by atoms with Crippen LogP contribution in [0.2, 0.25) is 5.02 Å². The Balaban J connectivity index is 2.23. The van der Waals surface area contributed by atoms with Gasteiger partial charge in [0.05, 0.1) is 30.5 Å². The highest BCUT2D eigenvalue weighted by atomic mass is 35.5. The van der Waals surface area contributed by atoms with Gasteiger partial charge in [-0.1, -0.05) is 23.7 Å². The number of benzene rings is 2. The van der Waals surface area contributed by atoms with Crippen LogP contribution in [0.1, 0.15) is 22.6 Å². The van der Waals surface area contributed by atoms with Crippen molar-refractivity contribution in [1.29, 1.82) is 0 Å². The molecule has 1 aromatic heterocycles. The Morgan fingerprint density at radius 2 is 1.94 bits per heavy atom. The van der Waals surface area contributed by atoms with Gasteiger partial charge in [0.25, 0.3) is 0 Å². The molecule has 0 saturated carbocycles. The second-order valence-electron chi connectivity index (χ2n) is 6.63. The molecule has 8 nitrogen and oxygen atoms in total. The lowest BCUT2D eigenvalue weighted by Crippen LogP contribution is -2.24. The van der Waals surface area contributed by atoms with Crippen LogP contribution in [0.4, 0.5) is 13.2 Å². The number of alkyl halides is 3. The van der Waals surface area contributed by atoms with Gasteiger partial charge in [0.2, 0.25) is 15.9 Å². The largest absolute Gasteiger partial charge is 0.496 e. The standard InChI is InChI=1S/C19H16ClF3N4O4S/c1-31-14-4-2-3-12(20)17(14)16(18(24)28)10-5-6-13(15(7-10)32(25,29)30)27-9-11(8-26-27)19(21,22)23/h2-9,16H,1H3,(H2,24,28)(H2,25,29,30). The average Bonchev–Trinajstić information content (AvgIpc) is 3.19. The van der Waals surface area contributed by atoms with Gasteiger partial charge in [-0.25, -0.2) is 18.2 Å². The molecule has 32 heavy (non-hydrogen) atoms. The zero-order valence-electron chi connectivity index (χ0n) is 16.3. The maximum atomic E-state index is 12.9. The van der Waals surface area contributed by atoms with Gasteiger partial charge in [-0.15, -0.1) is 0 Å². The molecule has 2 aromatic carbocycles. The van der Waals surface area contributed by atoms with E-state index in [1.54, 1.807) is 6.07 Å². The predicted octanol–water partition coefficient (Wildman–Crippen LogP) is 2.82. The van der Waals surface area contributed by atoms with Gasteiger partial charge in [0.1, 0.15) is 10.6 Å². The SMILES string of the molecule is COc1cccc(Cl)c1C(C(N)=O)c1ccc(-n2cc(C(F)(F)F)cn2)c(S(N)(=O)=O)c1. The number of primary amides is 1. The fourth-order valence-corrected chi connectivity index (χ4v) is 4.21. The number of rotatable bonds is 6. The first kappa shape index (κ1) is 23.6.